The van der Waals surface area contributed by atoms with E-state index in [1.165, 1.54) is 0 Å². The second-order valence-corrected chi connectivity index (χ2v) is 3.71. The molecule has 0 bridgehead atoms. The van der Waals surface area contributed by atoms with Crippen LogP contribution in [0.1, 0.15) is 31.0 Å². The number of hydrogen-bond acceptors (Lipinski definition) is 2. The van der Waals surface area contributed by atoms with Gasteiger partial charge in [0.05, 0.1) is 5.69 Å². The fraction of sp³-hybridized carbons (Fsp3) is 0.545. The molecule has 2 nitrogen and oxygen atoms in total. The van der Waals surface area contributed by atoms with E-state index in [0.717, 1.165) is 5.56 Å². The van der Waals surface area contributed by atoms with Crippen LogP contribution in [-0.4, -0.2) is 18.0 Å². The monoisotopic (exact) mass is 215 g/mol. The lowest BCUT2D eigenvalue weighted by Crippen LogP contribution is -2.08. The molecule has 4 heteroatoms. The van der Waals surface area contributed by atoms with Crippen LogP contribution in [0.4, 0.5) is 8.78 Å². The van der Waals surface area contributed by atoms with Gasteiger partial charge in [-0.15, -0.1) is 0 Å². The lowest BCUT2D eigenvalue weighted by molar-refractivity contribution is 0.0813. The van der Waals surface area contributed by atoms with Gasteiger partial charge in [-0.1, -0.05) is 13.8 Å². The number of rotatable bonds is 4. The third-order valence-electron chi connectivity index (χ3n) is 2.09. The maximum Gasteiger partial charge on any atom is 0.272 e. The van der Waals surface area contributed by atoms with E-state index in [9.17, 15) is 8.78 Å². The fourth-order valence-corrected chi connectivity index (χ4v) is 1.14. The number of aryl methyl sites for hydroxylation is 1. The maximum absolute atomic E-state index is 12.0. The van der Waals surface area contributed by atoms with Crippen molar-refractivity contribution in [2.45, 2.75) is 33.1 Å². The van der Waals surface area contributed by atoms with Crippen molar-refractivity contribution >= 4 is 0 Å². The summed E-state index contributed by atoms with van der Waals surface area (Å²) >= 11 is 0. The largest absolute Gasteiger partial charge is 0.486 e. The van der Waals surface area contributed by atoms with Crippen LogP contribution in [0, 0.1) is 6.92 Å². The highest BCUT2D eigenvalue weighted by Crippen LogP contribution is 2.22. The maximum atomic E-state index is 12.0. The Labute approximate surface area is 88.3 Å². The number of aromatic nitrogens is 1. The Balaban J connectivity index is 2.81. The summed E-state index contributed by atoms with van der Waals surface area (Å²) in [6, 6.07) is 1.77. The molecule has 15 heavy (non-hydrogen) atoms. The molecule has 0 unspecified atom stereocenters. The zero-order valence-corrected chi connectivity index (χ0v) is 9.13. The number of nitrogens with zero attached hydrogens (tertiary/aromatic N) is 1. The predicted molar refractivity (Wildman–Crippen MR) is 54.6 cm³/mol. The zero-order chi connectivity index (χ0) is 11.4. The van der Waals surface area contributed by atoms with Crippen molar-refractivity contribution < 1.29 is 13.5 Å². The van der Waals surface area contributed by atoms with E-state index in [4.69, 9.17) is 4.74 Å². The van der Waals surface area contributed by atoms with Crippen LogP contribution < -0.4 is 4.74 Å². The van der Waals surface area contributed by atoms with Crippen LogP contribution in [0.5, 0.6) is 5.75 Å². The molecule has 0 aliphatic rings. The predicted octanol–water partition coefficient (Wildman–Crippen LogP) is 3.16. The second kappa shape index (κ2) is 5.05. The Morgan fingerprint density at radius 2 is 2.07 bits per heavy atom. The van der Waals surface area contributed by atoms with Gasteiger partial charge in [0.2, 0.25) is 0 Å². The summed E-state index contributed by atoms with van der Waals surface area (Å²) in [4.78, 5) is 4.11. The Kier molecular flexibility index (Phi) is 4.00. The van der Waals surface area contributed by atoms with Gasteiger partial charge in [-0.05, 0) is 24.5 Å². The molecule has 0 atom stereocenters. The number of hydrogen-bond donors (Lipinski definition) is 0. The summed E-state index contributed by atoms with van der Waals surface area (Å²) in [7, 11) is 0. The smallest absolute Gasteiger partial charge is 0.272 e. The Morgan fingerprint density at radius 3 is 2.60 bits per heavy atom. The molecule has 1 aromatic rings. The van der Waals surface area contributed by atoms with E-state index in [0.29, 0.717) is 17.4 Å². The van der Waals surface area contributed by atoms with Crippen molar-refractivity contribution in [1.82, 2.24) is 4.98 Å². The first-order chi connectivity index (χ1) is 7.00. The molecule has 1 rings (SSSR count). The molecule has 0 saturated heterocycles. The van der Waals surface area contributed by atoms with Gasteiger partial charge in [0.15, 0.2) is 0 Å². The highest BCUT2D eigenvalue weighted by atomic mass is 19.3. The molecule has 0 amide bonds. The molecular formula is C11H15F2NO. The number of ether oxygens (including phenoxy) is 1. The SMILES string of the molecule is Cc1ncc(C(C)C)cc1OCC(F)F. The van der Waals surface area contributed by atoms with Crippen molar-refractivity contribution in [3.05, 3.63) is 23.5 Å². The summed E-state index contributed by atoms with van der Waals surface area (Å²) in [5, 5.41) is 0. The fourth-order valence-electron chi connectivity index (χ4n) is 1.14. The lowest BCUT2D eigenvalue weighted by atomic mass is 10.1. The molecule has 84 valence electrons. The quantitative estimate of drug-likeness (QED) is 0.769. The summed E-state index contributed by atoms with van der Waals surface area (Å²) < 4.78 is 28.9. The first-order valence-corrected chi connectivity index (χ1v) is 4.88. The van der Waals surface area contributed by atoms with Gasteiger partial charge in [-0.25, -0.2) is 8.78 Å². The number of pyridine rings is 1. The Hall–Kier alpha value is -1.19. The standard InChI is InChI=1S/C11H15F2NO/c1-7(2)9-4-10(8(3)14-5-9)15-6-11(12)13/h4-5,7,11H,6H2,1-3H3. The van der Waals surface area contributed by atoms with Gasteiger partial charge in [-0.2, -0.15) is 0 Å². The van der Waals surface area contributed by atoms with E-state index in [1.54, 1.807) is 19.2 Å². The van der Waals surface area contributed by atoms with Crippen molar-refractivity contribution in [2.24, 2.45) is 0 Å². The molecule has 0 N–H and O–H groups in total. The van der Waals surface area contributed by atoms with Crippen LogP contribution in [0.25, 0.3) is 0 Å². The summed E-state index contributed by atoms with van der Waals surface area (Å²) in [5.41, 5.74) is 1.63. The number of alkyl halides is 2. The molecule has 0 radical (unpaired) electrons. The minimum atomic E-state index is -2.45. The number of halogens is 2. The third-order valence-corrected chi connectivity index (χ3v) is 2.09. The average molecular weight is 215 g/mol. The van der Waals surface area contributed by atoms with Crippen LogP contribution in [-0.2, 0) is 0 Å². The minimum Gasteiger partial charge on any atom is -0.486 e. The first-order valence-electron chi connectivity index (χ1n) is 4.88. The molecule has 0 aliphatic carbocycles. The van der Waals surface area contributed by atoms with Gasteiger partial charge in [0, 0.05) is 6.20 Å². The van der Waals surface area contributed by atoms with Crippen molar-refractivity contribution in [3.8, 4) is 5.75 Å². The zero-order valence-electron chi connectivity index (χ0n) is 9.13. The Bertz CT molecular complexity index is 326. The van der Waals surface area contributed by atoms with Crippen LogP contribution in [0.15, 0.2) is 12.3 Å². The molecule has 1 aromatic heterocycles. The van der Waals surface area contributed by atoms with Gasteiger partial charge >= 0.3 is 0 Å². The van der Waals surface area contributed by atoms with Gasteiger partial charge in [0.25, 0.3) is 6.43 Å². The van der Waals surface area contributed by atoms with Crippen molar-refractivity contribution in [1.29, 1.82) is 0 Å². The molecule has 0 aromatic carbocycles. The lowest BCUT2D eigenvalue weighted by Gasteiger charge is -2.11. The van der Waals surface area contributed by atoms with E-state index in [2.05, 4.69) is 4.98 Å². The Morgan fingerprint density at radius 1 is 1.40 bits per heavy atom. The molecule has 1 heterocycles. The second-order valence-electron chi connectivity index (χ2n) is 3.71. The van der Waals surface area contributed by atoms with E-state index >= 15 is 0 Å². The minimum absolute atomic E-state index is 0.312. The van der Waals surface area contributed by atoms with Gasteiger partial charge in [0.1, 0.15) is 12.4 Å². The molecule has 0 aliphatic heterocycles. The molecular weight excluding hydrogens is 200 g/mol. The van der Waals surface area contributed by atoms with E-state index in [1.807, 2.05) is 13.8 Å². The summed E-state index contributed by atoms with van der Waals surface area (Å²) in [6.07, 6.45) is -0.706. The van der Waals surface area contributed by atoms with Crippen molar-refractivity contribution in [3.63, 3.8) is 0 Å². The summed E-state index contributed by atoms with van der Waals surface area (Å²) in [6.45, 7) is 5.20. The highest BCUT2D eigenvalue weighted by Gasteiger charge is 2.08. The van der Waals surface area contributed by atoms with E-state index < -0.39 is 13.0 Å². The van der Waals surface area contributed by atoms with Crippen molar-refractivity contribution in [2.75, 3.05) is 6.61 Å². The normalized spacial score (nSPS) is 11.1. The first kappa shape index (κ1) is 11.9. The van der Waals surface area contributed by atoms with Gasteiger partial charge in [-0.3, -0.25) is 4.98 Å². The molecule has 0 fully saturated rings. The summed E-state index contributed by atoms with van der Waals surface area (Å²) in [5.74, 6) is 0.758. The highest BCUT2D eigenvalue weighted by molar-refractivity contribution is 5.32. The molecule has 0 saturated carbocycles. The topological polar surface area (TPSA) is 22.1 Å². The molecule has 0 spiro atoms. The van der Waals surface area contributed by atoms with Crippen LogP contribution >= 0.6 is 0 Å². The van der Waals surface area contributed by atoms with E-state index in [-0.39, 0.29) is 0 Å². The van der Waals surface area contributed by atoms with Crippen LogP contribution in [0.3, 0.4) is 0 Å². The average Bonchev–Trinajstić information content (AvgIpc) is 2.16. The third kappa shape index (κ3) is 3.46. The van der Waals surface area contributed by atoms with Gasteiger partial charge < -0.3 is 4.74 Å². The van der Waals surface area contributed by atoms with Crippen LogP contribution in [0.2, 0.25) is 0 Å².